The molecule has 2 atom stereocenters. The van der Waals surface area contributed by atoms with E-state index in [0.717, 1.165) is 25.3 Å². The summed E-state index contributed by atoms with van der Waals surface area (Å²) in [4.78, 5) is 47.1. The molecule has 0 spiro atoms. The molecule has 2 amide bonds. The number of benzene rings is 1. The number of hydrogen-bond donors (Lipinski definition) is 3. The first-order valence-corrected chi connectivity index (χ1v) is 10.8. The van der Waals surface area contributed by atoms with Gasteiger partial charge in [0.2, 0.25) is 17.8 Å². The van der Waals surface area contributed by atoms with Crippen molar-refractivity contribution in [3.8, 4) is 0 Å². The molecule has 33 heavy (non-hydrogen) atoms. The largest absolute Gasteiger partial charge is 0.417 e. The van der Waals surface area contributed by atoms with Crippen molar-refractivity contribution in [1.29, 1.82) is 0 Å². The van der Waals surface area contributed by atoms with Crippen LogP contribution in [0.4, 0.5) is 30.6 Å². The van der Waals surface area contributed by atoms with E-state index in [0.29, 0.717) is 18.6 Å². The number of alkyl halides is 3. The number of hydrogen-bond acceptors (Lipinski definition) is 5. The van der Waals surface area contributed by atoms with Crippen LogP contribution < -0.4 is 21.1 Å². The van der Waals surface area contributed by atoms with Gasteiger partial charge >= 0.3 is 6.18 Å². The van der Waals surface area contributed by atoms with Crippen LogP contribution in [0, 0.1) is 0 Å². The Morgan fingerprint density at radius 2 is 2.03 bits per heavy atom. The lowest BCUT2D eigenvalue weighted by molar-refractivity contribution is -0.137. The van der Waals surface area contributed by atoms with Crippen LogP contribution in [0.15, 0.2) is 23.0 Å². The Labute approximate surface area is 191 Å². The van der Waals surface area contributed by atoms with Gasteiger partial charge in [-0.2, -0.15) is 18.2 Å². The third-order valence-electron chi connectivity index (χ3n) is 5.87. The second-order valence-electron chi connectivity index (χ2n) is 8.18. The van der Waals surface area contributed by atoms with Gasteiger partial charge in [-0.05, 0) is 44.4 Å². The second-order valence-corrected chi connectivity index (χ2v) is 8.58. The van der Waals surface area contributed by atoms with E-state index >= 15 is 0 Å². The lowest BCUT2D eigenvalue weighted by Crippen LogP contribution is -2.42. The average Bonchev–Trinajstić information content (AvgIpc) is 2.73. The summed E-state index contributed by atoms with van der Waals surface area (Å²) in [7, 11) is 0. The lowest BCUT2D eigenvalue weighted by Gasteiger charge is -2.34. The number of aromatic amines is 1. The van der Waals surface area contributed by atoms with Crippen LogP contribution >= 0.6 is 11.6 Å². The van der Waals surface area contributed by atoms with Gasteiger partial charge < -0.3 is 15.5 Å². The first kappa shape index (κ1) is 23.1. The number of H-pyrrole nitrogens is 1. The number of fused-ring (bicyclic) bond motifs is 1. The highest BCUT2D eigenvalue weighted by Crippen LogP contribution is 2.37. The molecule has 0 aliphatic carbocycles. The highest BCUT2D eigenvalue weighted by molar-refractivity contribution is 6.31. The monoisotopic (exact) mass is 483 g/mol. The van der Waals surface area contributed by atoms with Crippen LogP contribution in [0.5, 0.6) is 0 Å². The van der Waals surface area contributed by atoms with Crippen LogP contribution in [0.3, 0.4) is 0 Å². The highest BCUT2D eigenvalue weighted by Gasteiger charge is 2.37. The zero-order valence-electron chi connectivity index (χ0n) is 17.6. The maximum absolute atomic E-state index is 13.1. The molecule has 0 unspecified atom stereocenters. The van der Waals surface area contributed by atoms with Crippen LogP contribution in [-0.2, 0) is 15.8 Å². The predicted octanol–water partition coefficient (Wildman–Crippen LogP) is 3.89. The molecule has 3 N–H and O–H groups in total. The van der Waals surface area contributed by atoms with E-state index in [4.69, 9.17) is 11.6 Å². The molecule has 1 saturated heterocycles. The normalized spacial score (nSPS) is 20.8. The molecular formula is C21H21ClF3N5O3. The van der Waals surface area contributed by atoms with E-state index in [1.54, 1.807) is 0 Å². The molecular weight excluding hydrogens is 463 g/mol. The molecule has 0 saturated carbocycles. The summed E-state index contributed by atoms with van der Waals surface area (Å²) in [6.07, 6.45) is -2.13. The Bertz CT molecular complexity index is 1170. The summed E-state index contributed by atoms with van der Waals surface area (Å²) in [6.45, 7) is 2.70. The van der Waals surface area contributed by atoms with E-state index in [-0.39, 0.29) is 29.5 Å². The number of carbonyl (C=O) groups is 2. The van der Waals surface area contributed by atoms with E-state index in [1.807, 2.05) is 11.8 Å². The predicted molar refractivity (Wildman–Crippen MR) is 117 cm³/mol. The van der Waals surface area contributed by atoms with E-state index in [2.05, 4.69) is 20.6 Å². The van der Waals surface area contributed by atoms with Crippen LogP contribution in [0.25, 0.3) is 0 Å². The van der Waals surface area contributed by atoms with Crippen molar-refractivity contribution in [3.05, 3.63) is 44.7 Å². The quantitative estimate of drug-likeness (QED) is 0.614. The van der Waals surface area contributed by atoms with Crippen molar-refractivity contribution >= 4 is 40.9 Å². The van der Waals surface area contributed by atoms with Crippen LogP contribution in [-0.4, -0.2) is 34.4 Å². The van der Waals surface area contributed by atoms with Gasteiger partial charge in [0.15, 0.2) is 0 Å². The van der Waals surface area contributed by atoms with E-state index in [9.17, 15) is 27.6 Å². The topological polar surface area (TPSA) is 107 Å². The Morgan fingerprint density at radius 3 is 2.73 bits per heavy atom. The molecule has 1 aromatic carbocycles. The Hall–Kier alpha value is -3.08. The lowest BCUT2D eigenvalue weighted by atomic mass is 9.92. The SMILES string of the molecule is C[C@H]1CCCCN1c1nc2c(c(=O)[nH]1)[C@H](C(=O)Nc1ccc(Cl)c(C(F)(F)F)c1)CC(=O)N2. The number of halogens is 4. The molecule has 8 nitrogen and oxygen atoms in total. The van der Waals surface area contributed by atoms with Crippen molar-refractivity contribution in [2.45, 2.75) is 50.7 Å². The number of piperidine rings is 1. The Kier molecular flexibility index (Phi) is 6.08. The fourth-order valence-corrected chi connectivity index (χ4v) is 4.41. The highest BCUT2D eigenvalue weighted by atomic mass is 35.5. The van der Waals surface area contributed by atoms with Crippen molar-refractivity contribution in [2.24, 2.45) is 0 Å². The molecule has 2 aliphatic rings. The molecule has 4 rings (SSSR count). The number of carbonyl (C=O) groups excluding carboxylic acids is 2. The molecule has 0 radical (unpaired) electrons. The van der Waals surface area contributed by atoms with Gasteiger partial charge in [0, 0.05) is 24.7 Å². The summed E-state index contributed by atoms with van der Waals surface area (Å²) < 4.78 is 39.4. The Balaban J connectivity index is 1.65. The number of nitrogens with zero attached hydrogens (tertiary/aromatic N) is 2. The average molecular weight is 484 g/mol. The number of rotatable bonds is 3. The smallest absolute Gasteiger partial charge is 0.340 e. The maximum Gasteiger partial charge on any atom is 0.417 e. The second kappa shape index (κ2) is 8.69. The van der Waals surface area contributed by atoms with Crippen molar-refractivity contribution in [1.82, 2.24) is 9.97 Å². The van der Waals surface area contributed by atoms with Crippen LogP contribution in [0.2, 0.25) is 5.02 Å². The summed E-state index contributed by atoms with van der Waals surface area (Å²) in [6, 6.07) is 3.07. The molecule has 3 heterocycles. The number of amides is 2. The standard InChI is InChI=1S/C21H21ClF3N5O3/c1-10-4-2-3-7-30(10)20-28-17-16(19(33)29-20)12(9-15(31)27-17)18(32)26-11-5-6-14(22)13(8-11)21(23,24)25/h5-6,8,10,12H,2-4,7,9H2,1H3,(H,26,32)(H2,27,28,29,31,33)/t10-,12+/m0/s1. The van der Waals surface area contributed by atoms with Gasteiger partial charge in [0.05, 0.1) is 22.1 Å². The minimum absolute atomic E-state index is 0.0185. The third kappa shape index (κ3) is 4.68. The fraction of sp³-hybridized carbons (Fsp3) is 0.429. The first-order valence-electron chi connectivity index (χ1n) is 10.4. The molecule has 2 aromatic rings. The third-order valence-corrected chi connectivity index (χ3v) is 6.20. The molecule has 0 bridgehead atoms. The van der Waals surface area contributed by atoms with Crippen molar-refractivity contribution < 1.29 is 22.8 Å². The fourth-order valence-electron chi connectivity index (χ4n) is 4.18. The van der Waals surface area contributed by atoms with Gasteiger partial charge in [-0.3, -0.25) is 19.4 Å². The number of nitrogens with one attached hydrogen (secondary N) is 3. The first-order chi connectivity index (χ1) is 15.5. The Morgan fingerprint density at radius 1 is 1.27 bits per heavy atom. The van der Waals surface area contributed by atoms with Gasteiger partial charge in [-0.15, -0.1) is 0 Å². The number of aromatic nitrogens is 2. The summed E-state index contributed by atoms with van der Waals surface area (Å²) >= 11 is 5.62. The van der Waals surface area contributed by atoms with Gasteiger partial charge in [-0.25, -0.2) is 0 Å². The van der Waals surface area contributed by atoms with Gasteiger partial charge in [0.1, 0.15) is 5.82 Å². The summed E-state index contributed by atoms with van der Waals surface area (Å²) in [5, 5.41) is 4.38. The summed E-state index contributed by atoms with van der Waals surface area (Å²) in [5.74, 6) is -2.25. The van der Waals surface area contributed by atoms with Gasteiger partial charge in [-0.1, -0.05) is 11.6 Å². The van der Waals surface area contributed by atoms with E-state index < -0.39 is 40.1 Å². The van der Waals surface area contributed by atoms with E-state index in [1.165, 1.54) is 6.07 Å². The van der Waals surface area contributed by atoms with Crippen molar-refractivity contribution in [2.75, 3.05) is 22.1 Å². The molecule has 2 aliphatic heterocycles. The summed E-state index contributed by atoms with van der Waals surface area (Å²) in [5.41, 5.74) is -1.89. The van der Waals surface area contributed by atoms with Crippen LogP contribution in [0.1, 0.15) is 49.7 Å². The number of anilines is 3. The molecule has 176 valence electrons. The zero-order chi connectivity index (χ0) is 23.9. The molecule has 1 aromatic heterocycles. The maximum atomic E-state index is 13.1. The minimum atomic E-state index is -4.71. The van der Waals surface area contributed by atoms with Crippen molar-refractivity contribution in [3.63, 3.8) is 0 Å². The molecule has 12 heteroatoms. The molecule has 1 fully saturated rings. The van der Waals surface area contributed by atoms with Gasteiger partial charge in [0.25, 0.3) is 5.56 Å². The minimum Gasteiger partial charge on any atom is -0.340 e. The zero-order valence-corrected chi connectivity index (χ0v) is 18.3.